The van der Waals surface area contributed by atoms with Crippen LogP contribution in [-0.4, -0.2) is 45.8 Å². The lowest BCUT2D eigenvalue weighted by molar-refractivity contribution is 0.0666. The normalized spacial score (nSPS) is 17.4. The van der Waals surface area contributed by atoms with Crippen molar-refractivity contribution in [2.24, 2.45) is 7.05 Å². The molecule has 0 aromatic carbocycles. The Kier molecular flexibility index (Phi) is 5.29. The summed E-state index contributed by atoms with van der Waals surface area (Å²) in [7, 11) is 1.80. The van der Waals surface area contributed by atoms with E-state index in [4.69, 9.17) is 4.42 Å². The van der Waals surface area contributed by atoms with Crippen LogP contribution in [0.4, 0.5) is 10.6 Å². The number of hydrogen-bond donors (Lipinski definition) is 2. The van der Waals surface area contributed by atoms with Gasteiger partial charge in [-0.3, -0.25) is 14.8 Å². The molecule has 0 bridgehead atoms. The van der Waals surface area contributed by atoms with Crippen molar-refractivity contribution in [2.75, 3.05) is 18.4 Å². The first-order valence-electron chi connectivity index (χ1n) is 8.88. The minimum absolute atomic E-state index is 0.0968. The van der Waals surface area contributed by atoms with Crippen molar-refractivity contribution >= 4 is 17.8 Å². The van der Waals surface area contributed by atoms with E-state index in [1.165, 1.54) is 6.26 Å². The topological polar surface area (TPSA) is 92.4 Å². The summed E-state index contributed by atoms with van der Waals surface area (Å²) in [6, 6.07) is 4.83. The predicted octanol–water partition coefficient (Wildman–Crippen LogP) is 2.56. The number of furan rings is 1. The van der Waals surface area contributed by atoms with E-state index in [2.05, 4.69) is 29.6 Å². The highest BCUT2D eigenvalue weighted by Gasteiger charge is 2.27. The fourth-order valence-electron chi connectivity index (χ4n) is 3.06. The fourth-order valence-corrected chi connectivity index (χ4v) is 3.06. The molecule has 3 amide bonds. The second-order valence-corrected chi connectivity index (χ2v) is 6.90. The summed E-state index contributed by atoms with van der Waals surface area (Å²) in [5.41, 5.74) is 0.927. The Balaban J connectivity index is 1.56. The zero-order valence-electron chi connectivity index (χ0n) is 15.4. The molecule has 26 heavy (non-hydrogen) atoms. The molecule has 8 heteroatoms. The summed E-state index contributed by atoms with van der Waals surface area (Å²) in [4.78, 5) is 26.4. The summed E-state index contributed by atoms with van der Waals surface area (Å²) >= 11 is 0. The van der Waals surface area contributed by atoms with Crippen LogP contribution in [0, 0.1) is 0 Å². The van der Waals surface area contributed by atoms with Crippen molar-refractivity contribution in [1.82, 2.24) is 20.0 Å². The van der Waals surface area contributed by atoms with Gasteiger partial charge in [0.25, 0.3) is 5.91 Å². The standard InChI is InChI=1S/C18H25N5O3/c1-12(2)14-10-16(22(3)21-14)20-18(25)19-13-6-4-8-23(11-13)17(24)15-7-5-9-26-15/h5,7,9-10,12-13H,4,6,8,11H2,1-3H3,(H2,19,20,25). The third kappa shape index (κ3) is 4.07. The number of nitrogens with zero attached hydrogens (tertiary/aromatic N) is 3. The maximum absolute atomic E-state index is 12.4. The van der Waals surface area contributed by atoms with Crippen molar-refractivity contribution in [1.29, 1.82) is 0 Å². The van der Waals surface area contributed by atoms with E-state index in [-0.39, 0.29) is 18.0 Å². The molecule has 8 nitrogen and oxygen atoms in total. The molecule has 3 rings (SSSR count). The number of carbonyl (C=O) groups is 2. The van der Waals surface area contributed by atoms with Crippen molar-refractivity contribution in [3.63, 3.8) is 0 Å². The second kappa shape index (κ2) is 7.63. The monoisotopic (exact) mass is 359 g/mol. The zero-order chi connectivity index (χ0) is 18.7. The summed E-state index contributed by atoms with van der Waals surface area (Å²) in [6.45, 7) is 5.24. The number of aryl methyl sites for hydroxylation is 1. The predicted molar refractivity (Wildman–Crippen MR) is 97.1 cm³/mol. The van der Waals surface area contributed by atoms with E-state index in [1.54, 1.807) is 28.8 Å². The minimum atomic E-state index is -0.291. The number of amides is 3. The Labute approximate surface area is 152 Å². The van der Waals surface area contributed by atoms with Crippen LogP contribution in [0.25, 0.3) is 0 Å². The van der Waals surface area contributed by atoms with Crippen molar-refractivity contribution < 1.29 is 14.0 Å². The van der Waals surface area contributed by atoms with Gasteiger partial charge in [0.05, 0.1) is 12.0 Å². The van der Waals surface area contributed by atoms with Gasteiger partial charge in [-0.1, -0.05) is 13.8 Å². The highest BCUT2D eigenvalue weighted by molar-refractivity contribution is 5.92. The second-order valence-electron chi connectivity index (χ2n) is 6.90. The molecule has 1 aliphatic rings. The van der Waals surface area contributed by atoms with Crippen LogP contribution in [-0.2, 0) is 7.05 Å². The third-order valence-corrected chi connectivity index (χ3v) is 4.51. The van der Waals surface area contributed by atoms with Gasteiger partial charge in [-0.2, -0.15) is 5.10 Å². The van der Waals surface area contributed by atoms with Crippen LogP contribution in [0.15, 0.2) is 28.9 Å². The van der Waals surface area contributed by atoms with E-state index in [0.717, 1.165) is 18.5 Å². The Bertz CT molecular complexity index is 766. The molecule has 1 atom stereocenters. The molecule has 1 saturated heterocycles. The largest absolute Gasteiger partial charge is 0.459 e. The number of hydrogen-bond acceptors (Lipinski definition) is 4. The van der Waals surface area contributed by atoms with Gasteiger partial charge in [0.2, 0.25) is 0 Å². The van der Waals surface area contributed by atoms with Gasteiger partial charge in [-0.25, -0.2) is 4.79 Å². The summed E-state index contributed by atoms with van der Waals surface area (Å²) in [6.07, 6.45) is 3.15. The number of urea groups is 1. The Morgan fingerprint density at radius 1 is 1.38 bits per heavy atom. The van der Waals surface area contributed by atoms with E-state index >= 15 is 0 Å². The maximum Gasteiger partial charge on any atom is 0.320 e. The Morgan fingerprint density at radius 2 is 2.19 bits per heavy atom. The van der Waals surface area contributed by atoms with Gasteiger partial charge in [0.1, 0.15) is 5.82 Å². The van der Waals surface area contributed by atoms with E-state index in [1.807, 2.05) is 6.07 Å². The molecule has 0 spiro atoms. The molecular weight excluding hydrogens is 334 g/mol. The lowest BCUT2D eigenvalue weighted by Gasteiger charge is -2.32. The Hall–Kier alpha value is -2.77. The fraction of sp³-hybridized carbons (Fsp3) is 0.500. The number of likely N-dealkylation sites (tertiary alicyclic amines) is 1. The van der Waals surface area contributed by atoms with Gasteiger partial charge in [-0.15, -0.1) is 0 Å². The van der Waals surface area contributed by atoms with Gasteiger partial charge >= 0.3 is 6.03 Å². The molecule has 0 radical (unpaired) electrons. The van der Waals surface area contributed by atoms with Crippen molar-refractivity contribution in [3.05, 3.63) is 35.9 Å². The van der Waals surface area contributed by atoms with Gasteiger partial charge < -0.3 is 14.6 Å². The number of aromatic nitrogens is 2. The molecule has 2 aromatic rings. The lowest BCUT2D eigenvalue weighted by Crippen LogP contribution is -2.50. The maximum atomic E-state index is 12.4. The van der Waals surface area contributed by atoms with Crippen LogP contribution in [0.5, 0.6) is 0 Å². The molecule has 3 heterocycles. The first-order valence-corrected chi connectivity index (χ1v) is 8.88. The summed E-state index contributed by atoms with van der Waals surface area (Å²) in [5.74, 6) is 1.12. The van der Waals surface area contributed by atoms with Gasteiger partial charge in [0.15, 0.2) is 5.76 Å². The third-order valence-electron chi connectivity index (χ3n) is 4.51. The van der Waals surface area contributed by atoms with Crippen molar-refractivity contribution in [3.8, 4) is 0 Å². The zero-order valence-corrected chi connectivity index (χ0v) is 15.4. The van der Waals surface area contributed by atoms with Crippen LogP contribution in [0.1, 0.15) is 48.9 Å². The SMILES string of the molecule is CC(C)c1cc(NC(=O)NC2CCCN(C(=O)c3ccco3)C2)n(C)n1. The molecule has 2 aromatic heterocycles. The highest BCUT2D eigenvalue weighted by Crippen LogP contribution is 2.18. The molecule has 2 N–H and O–H groups in total. The first-order chi connectivity index (χ1) is 12.4. The van der Waals surface area contributed by atoms with Crippen LogP contribution in [0.2, 0.25) is 0 Å². The molecule has 1 unspecified atom stereocenters. The number of piperidine rings is 1. The number of rotatable bonds is 4. The minimum Gasteiger partial charge on any atom is -0.459 e. The van der Waals surface area contributed by atoms with E-state index in [9.17, 15) is 9.59 Å². The summed E-state index contributed by atoms with van der Waals surface area (Å²) in [5, 5.41) is 10.2. The van der Waals surface area contributed by atoms with Gasteiger partial charge in [-0.05, 0) is 30.9 Å². The number of carbonyl (C=O) groups excluding carboxylic acids is 2. The van der Waals surface area contributed by atoms with Gasteiger partial charge in [0, 0.05) is 32.2 Å². The average molecular weight is 359 g/mol. The van der Waals surface area contributed by atoms with Crippen LogP contribution in [0.3, 0.4) is 0 Å². The molecule has 140 valence electrons. The van der Waals surface area contributed by atoms with Crippen molar-refractivity contribution in [2.45, 2.75) is 38.6 Å². The quantitative estimate of drug-likeness (QED) is 0.877. The van der Waals surface area contributed by atoms with E-state index < -0.39 is 0 Å². The van der Waals surface area contributed by atoms with Crippen LogP contribution >= 0.6 is 0 Å². The summed E-state index contributed by atoms with van der Waals surface area (Å²) < 4.78 is 6.83. The first kappa shape index (κ1) is 18.0. The number of nitrogens with one attached hydrogen (secondary N) is 2. The molecule has 1 aliphatic heterocycles. The lowest BCUT2D eigenvalue weighted by atomic mass is 10.1. The molecule has 0 saturated carbocycles. The molecule has 1 fully saturated rings. The highest BCUT2D eigenvalue weighted by atomic mass is 16.3. The molecular formula is C18H25N5O3. The van der Waals surface area contributed by atoms with E-state index in [0.29, 0.717) is 30.6 Å². The number of anilines is 1. The molecule has 0 aliphatic carbocycles. The average Bonchev–Trinajstić information content (AvgIpc) is 3.25. The van der Waals surface area contributed by atoms with Crippen LogP contribution < -0.4 is 10.6 Å². The Morgan fingerprint density at radius 3 is 2.85 bits per heavy atom. The smallest absolute Gasteiger partial charge is 0.320 e.